The van der Waals surface area contributed by atoms with E-state index in [4.69, 9.17) is 0 Å². The van der Waals surface area contributed by atoms with E-state index in [1.165, 1.54) is 17.7 Å². The van der Waals surface area contributed by atoms with Crippen molar-refractivity contribution in [3.8, 4) is 11.1 Å². The van der Waals surface area contributed by atoms with Gasteiger partial charge in [0.25, 0.3) is 0 Å². The molecule has 0 heterocycles. The van der Waals surface area contributed by atoms with Crippen LogP contribution in [0.15, 0.2) is 60.9 Å². The number of halogens is 2. The zero-order valence-electron chi connectivity index (χ0n) is 11.4. The fourth-order valence-electron chi connectivity index (χ4n) is 2.16. The third-order valence-corrected chi connectivity index (χ3v) is 3.31. The van der Waals surface area contributed by atoms with Crippen LogP contribution in [0.5, 0.6) is 0 Å². The van der Waals surface area contributed by atoms with Crippen molar-refractivity contribution >= 4 is 0 Å². The van der Waals surface area contributed by atoms with Gasteiger partial charge in [-0.05, 0) is 54.5 Å². The van der Waals surface area contributed by atoms with Gasteiger partial charge in [-0.3, -0.25) is 0 Å². The first-order valence-corrected chi connectivity index (χ1v) is 6.90. The van der Waals surface area contributed by atoms with E-state index in [0.717, 1.165) is 36.8 Å². The van der Waals surface area contributed by atoms with Crippen LogP contribution in [-0.2, 0) is 6.42 Å². The van der Waals surface area contributed by atoms with E-state index in [0.29, 0.717) is 6.33 Å². The Balaban J connectivity index is 1.91. The average Bonchev–Trinajstić information content (AvgIpc) is 2.49. The molecule has 0 fully saturated rings. The summed E-state index contributed by atoms with van der Waals surface area (Å²) in [5, 5.41) is 0. The molecule has 0 aromatic heterocycles. The lowest BCUT2D eigenvalue weighted by Crippen LogP contribution is -1.86. The first-order chi connectivity index (χ1) is 9.79. The fourth-order valence-corrected chi connectivity index (χ4v) is 2.16. The molecule has 0 aliphatic heterocycles. The Kier molecular flexibility index (Phi) is 5.48. The Morgan fingerprint density at radius 2 is 1.40 bits per heavy atom. The SMILES string of the molecule is FC=CCCCCc1ccc(-c2ccc(F)cc2)cc1. The molecule has 2 heteroatoms. The van der Waals surface area contributed by atoms with E-state index in [-0.39, 0.29) is 5.82 Å². The standard InChI is InChI=1S/C18H18F2/c19-14-4-2-1-3-5-15-6-8-16(9-7-15)17-10-12-18(20)13-11-17/h4,6-14H,1-3,5H2. The summed E-state index contributed by atoms with van der Waals surface area (Å²) in [6.07, 6.45) is 6.02. The summed E-state index contributed by atoms with van der Waals surface area (Å²) in [5.41, 5.74) is 3.39. The maximum Gasteiger partial charge on any atom is 0.123 e. The van der Waals surface area contributed by atoms with Crippen LogP contribution in [0.2, 0.25) is 0 Å². The monoisotopic (exact) mass is 272 g/mol. The van der Waals surface area contributed by atoms with Gasteiger partial charge in [0.2, 0.25) is 0 Å². The Morgan fingerprint density at radius 3 is 2.00 bits per heavy atom. The van der Waals surface area contributed by atoms with Crippen LogP contribution in [0.25, 0.3) is 11.1 Å². The molecule has 0 aliphatic carbocycles. The molecule has 0 aliphatic rings. The zero-order valence-corrected chi connectivity index (χ0v) is 11.4. The van der Waals surface area contributed by atoms with Crippen molar-refractivity contribution in [1.82, 2.24) is 0 Å². The number of hydrogen-bond donors (Lipinski definition) is 0. The third-order valence-electron chi connectivity index (χ3n) is 3.31. The number of allylic oxidation sites excluding steroid dienone is 1. The van der Waals surface area contributed by atoms with Gasteiger partial charge in [-0.1, -0.05) is 42.5 Å². The van der Waals surface area contributed by atoms with E-state index < -0.39 is 0 Å². The summed E-state index contributed by atoms with van der Waals surface area (Å²) in [5.74, 6) is -0.215. The highest BCUT2D eigenvalue weighted by Crippen LogP contribution is 2.20. The van der Waals surface area contributed by atoms with Gasteiger partial charge in [0.1, 0.15) is 5.82 Å². The number of aryl methyl sites for hydroxylation is 1. The zero-order chi connectivity index (χ0) is 14.2. The predicted octanol–water partition coefficient (Wildman–Crippen LogP) is 5.69. The molecular weight excluding hydrogens is 254 g/mol. The van der Waals surface area contributed by atoms with Crippen molar-refractivity contribution < 1.29 is 8.78 Å². The van der Waals surface area contributed by atoms with Crippen molar-refractivity contribution in [1.29, 1.82) is 0 Å². The van der Waals surface area contributed by atoms with Crippen LogP contribution in [0.3, 0.4) is 0 Å². The highest BCUT2D eigenvalue weighted by atomic mass is 19.1. The minimum atomic E-state index is -0.215. The molecule has 0 saturated carbocycles. The van der Waals surface area contributed by atoms with Gasteiger partial charge < -0.3 is 0 Å². The van der Waals surface area contributed by atoms with E-state index in [1.54, 1.807) is 18.2 Å². The van der Waals surface area contributed by atoms with Crippen molar-refractivity contribution in [3.63, 3.8) is 0 Å². The molecule has 2 aromatic rings. The summed E-state index contributed by atoms with van der Waals surface area (Å²) < 4.78 is 24.6. The molecule has 2 rings (SSSR count). The fraction of sp³-hybridized carbons (Fsp3) is 0.222. The van der Waals surface area contributed by atoms with Crippen molar-refractivity contribution in [2.75, 3.05) is 0 Å². The van der Waals surface area contributed by atoms with Crippen molar-refractivity contribution in [3.05, 3.63) is 72.3 Å². The minimum Gasteiger partial charge on any atom is -0.216 e. The summed E-state index contributed by atoms with van der Waals surface area (Å²) in [6, 6.07) is 14.8. The normalized spacial score (nSPS) is 11.1. The molecule has 0 N–H and O–H groups in total. The van der Waals surface area contributed by atoms with Gasteiger partial charge in [0, 0.05) is 0 Å². The third kappa shape index (κ3) is 4.30. The molecule has 0 spiro atoms. The summed E-state index contributed by atoms with van der Waals surface area (Å²) in [6.45, 7) is 0. The number of hydrogen-bond acceptors (Lipinski definition) is 0. The van der Waals surface area contributed by atoms with Crippen LogP contribution >= 0.6 is 0 Å². The second-order valence-corrected chi connectivity index (χ2v) is 4.81. The molecule has 0 unspecified atom stereocenters. The average molecular weight is 272 g/mol. The van der Waals surface area contributed by atoms with Crippen molar-refractivity contribution in [2.24, 2.45) is 0 Å². The highest BCUT2D eigenvalue weighted by molar-refractivity contribution is 5.63. The number of benzene rings is 2. The Bertz CT molecular complexity index is 539. The van der Waals surface area contributed by atoms with Gasteiger partial charge in [-0.15, -0.1) is 0 Å². The molecule has 2 aromatic carbocycles. The van der Waals surface area contributed by atoms with Gasteiger partial charge >= 0.3 is 0 Å². The summed E-state index contributed by atoms with van der Waals surface area (Å²) >= 11 is 0. The molecule has 0 nitrogen and oxygen atoms in total. The molecule has 20 heavy (non-hydrogen) atoms. The summed E-state index contributed by atoms with van der Waals surface area (Å²) in [4.78, 5) is 0. The van der Waals surface area contributed by atoms with Crippen LogP contribution in [0.4, 0.5) is 8.78 Å². The quantitative estimate of drug-likeness (QED) is 0.593. The predicted molar refractivity (Wildman–Crippen MR) is 79.6 cm³/mol. The van der Waals surface area contributed by atoms with Gasteiger partial charge in [-0.25, -0.2) is 8.78 Å². The van der Waals surface area contributed by atoms with Crippen molar-refractivity contribution in [2.45, 2.75) is 25.7 Å². The van der Waals surface area contributed by atoms with Gasteiger partial charge in [0.15, 0.2) is 0 Å². The van der Waals surface area contributed by atoms with Gasteiger partial charge in [-0.2, -0.15) is 0 Å². The van der Waals surface area contributed by atoms with Crippen LogP contribution in [-0.4, -0.2) is 0 Å². The van der Waals surface area contributed by atoms with E-state index in [1.807, 2.05) is 0 Å². The van der Waals surface area contributed by atoms with Crippen LogP contribution in [0.1, 0.15) is 24.8 Å². The van der Waals surface area contributed by atoms with Crippen LogP contribution < -0.4 is 0 Å². The maximum absolute atomic E-state index is 12.9. The lowest BCUT2D eigenvalue weighted by molar-refractivity contribution is 0.628. The topological polar surface area (TPSA) is 0 Å². The molecule has 104 valence electrons. The molecule has 0 amide bonds. The number of rotatable bonds is 6. The second-order valence-electron chi connectivity index (χ2n) is 4.81. The highest BCUT2D eigenvalue weighted by Gasteiger charge is 1.99. The Morgan fingerprint density at radius 1 is 0.800 bits per heavy atom. The minimum absolute atomic E-state index is 0.215. The summed E-state index contributed by atoms with van der Waals surface area (Å²) in [7, 11) is 0. The lowest BCUT2D eigenvalue weighted by Gasteiger charge is -2.04. The van der Waals surface area contributed by atoms with E-state index in [2.05, 4.69) is 24.3 Å². The molecule has 0 bridgehead atoms. The maximum atomic E-state index is 12.9. The van der Waals surface area contributed by atoms with Gasteiger partial charge in [0.05, 0.1) is 6.33 Å². The first-order valence-electron chi connectivity index (χ1n) is 6.90. The Hall–Kier alpha value is -1.96. The number of unbranched alkanes of at least 4 members (excludes halogenated alkanes) is 2. The first kappa shape index (κ1) is 14.4. The molecule has 0 atom stereocenters. The smallest absolute Gasteiger partial charge is 0.123 e. The second kappa shape index (κ2) is 7.59. The van der Waals surface area contributed by atoms with E-state index >= 15 is 0 Å². The Labute approximate surface area is 118 Å². The molecule has 0 radical (unpaired) electrons. The van der Waals surface area contributed by atoms with E-state index in [9.17, 15) is 8.78 Å². The van der Waals surface area contributed by atoms with Crippen LogP contribution in [0, 0.1) is 5.82 Å². The lowest BCUT2D eigenvalue weighted by atomic mass is 10.0. The largest absolute Gasteiger partial charge is 0.216 e. The molecule has 0 saturated heterocycles. The molecular formula is C18H18F2.